The van der Waals surface area contributed by atoms with E-state index < -0.39 is 17.7 Å². The number of anilines is 1. The average molecular weight is 589 g/mol. The smallest absolute Gasteiger partial charge is 0.410 e. The first-order valence-electron chi connectivity index (χ1n) is 14.5. The zero-order valence-corrected chi connectivity index (χ0v) is 25.9. The van der Waals surface area contributed by atoms with Gasteiger partial charge in [0.25, 0.3) is 5.91 Å². The van der Waals surface area contributed by atoms with E-state index in [4.69, 9.17) is 9.72 Å². The minimum Gasteiger partial charge on any atom is -0.444 e. The van der Waals surface area contributed by atoms with E-state index in [0.717, 1.165) is 24.8 Å². The number of hydrogen-bond acceptors (Lipinski definition) is 7. The molecule has 1 aliphatic heterocycles. The van der Waals surface area contributed by atoms with Crippen molar-refractivity contribution in [2.75, 3.05) is 23.9 Å². The molecule has 0 saturated carbocycles. The predicted molar refractivity (Wildman–Crippen MR) is 164 cm³/mol. The molecule has 0 radical (unpaired) electrons. The number of ether oxygens (including phenoxy) is 1. The molecule has 0 unspecified atom stereocenters. The fourth-order valence-corrected chi connectivity index (χ4v) is 5.08. The fraction of sp³-hybridized carbons (Fsp3) is 0.438. The Balaban J connectivity index is 1.75. The van der Waals surface area contributed by atoms with Gasteiger partial charge >= 0.3 is 6.09 Å². The largest absolute Gasteiger partial charge is 0.444 e. The van der Waals surface area contributed by atoms with E-state index in [0.29, 0.717) is 41.4 Å². The number of aryl methyl sites for hydroxylation is 1. The molecule has 4 rings (SSSR count). The lowest BCUT2D eigenvalue weighted by molar-refractivity contribution is -0.117. The van der Waals surface area contributed by atoms with Crippen LogP contribution in [0.2, 0.25) is 0 Å². The maximum Gasteiger partial charge on any atom is 0.410 e. The fourth-order valence-electron chi connectivity index (χ4n) is 5.08. The van der Waals surface area contributed by atoms with Gasteiger partial charge in [0.2, 0.25) is 5.91 Å². The van der Waals surface area contributed by atoms with Gasteiger partial charge in [-0.1, -0.05) is 19.1 Å². The second-order valence-electron chi connectivity index (χ2n) is 11.7. The predicted octanol–water partition coefficient (Wildman–Crippen LogP) is 5.54. The van der Waals surface area contributed by atoms with Crippen LogP contribution in [0.1, 0.15) is 99.1 Å². The number of piperidine rings is 1. The third-order valence-corrected chi connectivity index (χ3v) is 7.29. The number of imidazole rings is 1. The Hall–Kier alpha value is -4.54. The molecule has 1 aromatic carbocycles. The number of ketones is 1. The zero-order chi connectivity index (χ0) is 31.5. The van der Waals surface area contributed by atoms with Crippen molar-refractivity contribution in [3.05, 3.63) is 65.2 Å². The number of carbonyl (C=O) groups excluding carboxylic acids is 4. The van der Waals surface area contributed by atoms with Gasteiger partial charge in [-0.25, -0.2) is 19.4 Å². The minimum atomic E-state index is -0.691. The highest BCUT2D eigenvalue weighted by molar-refractivity contribution is 6.04. The van der Waals surface area contributed by atoms with Gasteiger partial charge in [-0.3, -0.25) is 24.3 Å². The number of aromatic nitrogens is 3. The molecule has 1 saturated heterocycles. The Bertz CT molecular complexity index is 1520. The number of nitrogens with zero attached hydrogens (tertiary/aromatic N) is 5. The SMILES string of the molecule is CCc1ccnc(NC(=O)c2ccc(-c3nc([C@@H]4CCCCN4C(=O)OC(C)(C)C)n(N(C)C(C)=O)c3C(C)=O)cc2)c1. The van der Waals surface area contributed by atoms with Crippen LogP contribution in [0.25, 0.3) is 11.3 Å². The van der Waals surface area contributed by atoms with E-state index in [9.17, 15) is 19.2 Å². The van der Waals surface area contributed by atoms with E-state index in [1.54, 1.807) is 42.4 Å². The molecule has 0 spiro atoms. The molecule has 0 bridgehead atoms. The minimum absolute atomic E-state index is 0.209. The highest BCUT2D eigenvalue weighted by Crippen LogP contribution is 2.36. The van der Waals surface area contributed by atoms with E-state index in [1.165, 1.54) is 23.5 Å². The van der Waals surface area contributed by atoms with Gasteiger partial charge in [0, 0.05) is 44.8 Å². The lowest BCUT2D eigenvalue weighted by Gasteiger charge is -2.37. The first-order chi connectivity index (χ1) is 20.3. The van der Waals surface area contributed by atoms with Gasteiger partial charge in [-0.15, -0.1) is 0 Å². The van der Waals surface area contributed by atoms with Crippen molar-refractivity contribution in [2.24, 2.45) is 0 Å². The van der Waals surface area contributed by atoms with Gasteiger partial charge in [-0.2, -0.15) is 0 Å². The maximum absolute atomic E-state index is 13.3. The molecule has 3 aromatic rings. The molecule has 2 aromatic heterocycles. The monoisotopic (exact) mass is 588 g/mol. The summed E-state index contributed by atoms with van der Waals surface area (Å²) in [4.78, 5) is 62.7. The van der Waals surface area contributed by atoms with Gasteiger partial charge in [0.1, 0.15) is 22.8 Å². The molecule has 1 aliphatic rings. The van der Waals surface area contributed by atoms with Crippen LogP contribution >= 0.6 is 0 Å². The number of pyridine rings is 1. The Morgan fingerprint density at radius 3 is 2.37 bits per heavy atom. The van der Waals surface area contributed by atoms with Crippen molar-refractivity contribution in [1.82, 2.24) is 19.5 Å². The van der Waals surface area contributed by atoms with Crippen molar-refractivity contribution < 1.29 is 23.9 Å². The molecule has 43 heavy (non-hydrogen) atoms. The molecule has 11 nitrogen and oxygen atoms in total. The topological polar surface area (TPSA) is 127 Å². The molecule has 0 aliphatic carbocycles. The van der Waals surface area contributed by atoms with Crippen LogP contribution in [0.15, 0.2) is 42.6 Å². The lowest BCUT2D eigenvalue weighted by Crippen LogP contribution is -2.45. The normalized spacial score (nSPS) is 15.1. The molecule has 228 valence electrons. The third-order valence-electron chi connectivity index (χ3n) is 7.29. The summed E-state index contributed by atoms with van der Waals surface area (Å²) in [5, 5.41) is 4.16. The second-order valence-corrected chi connectivity index (χ2v) is 11.7. The molecule has 1 N–H and O–H groups in total. The quantitative estimate of drug-likeness (QED) is 0.359. The summed E-state index contributed by atoms with van der Waals surface area (Å²) in [5.74, 6) is -0.0701. The number of amides is 3. The first-order valence-corrected chi connectivity index (χ1v) is 14.5. The van der Waals surface area contributed by atoms with Gasteiger partial charge < -0.3 is 10.1 Å². The Morgan fingerprint density at radius 1 is 1.07 bits per heavy atom. The van der Waals surface area contributed by atoms with Gasteiger partial charge in [0.05, 0.1) is 6.04 Å². The van der Waals surface area contributed by atoms with Gasteiger partial charge in [0.15, 0.2) is 11.6 Å². The maximum atomic E-state index is 13.3. The summed E-state index contributed by atoms with van der Waals surface area (Å²) in [7, 11) is 1.57. The molecule has 1 fully saturated rings. The summed E-state index contributed by atoms with van der Waals surface area (Å²) in [5.41, 5.74) is 1.92. The number of carbonyl (C=O) groups is 4. The van der Waals surface area contributed by atoms with Crippen molar-refractivity contribution in [2.45, 2.75) is 78.9 Å². The van der Waals surface area contributed by atoms with Crippen molar-refractivity contribution in [3.8, 4) is 11.3 Å². The molecule has 3 heterocycles. The highest BCUT2D eigenvalue weighted by Gasteiger charge is 2.37. The Kier molecular flexibility index (Phi) is 9.32. The van der Waals surface area contributed by atoms with Crippen LogP contribution in [0.3, 0.4) is 0 Å². The third kappa shape index (κ3) is 7.10. The molecular weight excluding hydrogens is 548 g/mol. The van der Waals surface area contributed by atoms with Crippen molar-refractivity contribution >= 4 is 29.5 Å². The van der Waals surface area contributed by atoms with Gasteiger partial charge in [-0.05, 0) is 76.3 Å². The zero-order valence-electron chi connectivity index (χ0n) is 25.9. The second kappa shape index (κ2) is 12.8. The van der Waals surface area contributed by atoms with E-state index >= 15 is 0 Å². The number of rotatable bonds is 7. The van der Waals surface area contributed by atoms with Crippen molar-refractivity contribution in [1.29, 1.82) is 0 Å². The highest BCUT2D eigenvalue weighted by atomic mass is 16.6. The van der Waals surface area contributed by atoms with Crippen molar-refractivity contribution in [3.63, 3.8) is 0 Å². The Morgan fingerprint density at radius 2 is 1.77 bits per heavy atom. The number of Topliss-reactive ketones (excluding diaryl/α,β-unsaturated/α-hetero) is 1. The van der Waals surface area contributed by atoms with Crippen LogP contribution in [-0.4, -0.2) is 62.4 Å². The first kappa shape index (κ1) is 31.4. The number of benzene rings is 1. The Labute approximate surface area is 252 Å². The summed E-state index contributed by atoms with van der Waals surface area (Å²) in [6.07, 6.45) is 4.23. The molecule has 11 heteroatoms. The van der Waals surface area contributed by atoms with Crippen LogP contribution in [0.5, 0.6) is 0 Å². The van der Waals surface area contributed by atoms with E-state index in [1.807, 2.05) is 39.8 Å². The summed E-state index contributed by atoms with van der Waals surface area (Å²) < 4.78 is 7.21. The number of nitrogens with one attached hydrogen (secondary N) is 1. The van der Waals surface area contributed by atoms with Crippen LogP contribution in [0, 0.1) is 0 Å². The summed E-state index contributed by atoms with van der Waals surface area (Å²) in [6, 6.07) is 9.94. The lowest BCUT2D eigenvalue weighted by atomic mass is 10.0. The number of hydrogen-bond donors (Lipinski definition) is 1. The summed E-state index contributed by atoms with van der Waals surface area (Å²) in [6.45, 7) is 10.7. The molecule has 1 atom stereocenters. The van der Waals surface area contributed by atoms with E-state index in [-0.39, 0.29) is 23.3 Å². The van der Waals surface area contributed by atoms with Crippen LogP contribution in [-0.2, 0) is 16.0 Å². The molecular formula is C32H40N6O5. The number of likely N-dealkylation sites (tertiary alicyclic amines) is 1. The average Bonchev–Trinajstić information content (AvgIpc) is 3.37. The van der Waals surface area contributed by atoms with Crippen LogP contribution < -0.4 is 10.3 Å². The van der Waals surface area contributed by atoms with Crippen LogP contribution in [0.4, 0.5) is 10.6 Å². The van der Waals surface area contributed by atoms with E-state index in [2.05, 4.69) is 10.3 Å². The summed E-state index contributed by atoms with van der Waals surface area (Å²) >= 11 is 0. The standard InChI is InChI=1S/C32H40N6O5/c1-8-22-16-17-33-26(19-22)34-30(41)24-14-12-23(13-15-24)27-28(20(2)39)38(36(7)21(3)40)29(35-27)25-11-9-10-18-37(25)31(42)43-32(4,5)6/h12-17,19,25H,8-11,18H2,1-7H3,(H,33,34,41)/t25-/m0/s1. The molecule has 3 amide bonds.